The van der Waals surface area contributed by atoms with Crippen LogP contribution in [-0.2, 0) is 19.1 Å². The lowest BCUT2D eigenvalue weighted by atomic mass is 9.93. The van der Waals surface area contributed by atoms with E-state index in [1.165, 1.54) is 0 Å². The summed E-state index contributed by atoms with van der Waals surface area (Å²) in [6.07, 6.45) is 1.58. The summed E-state index contributed by atoms with van der Waals surface area (Å²) >= 11 is 3.33. The lowest BCUT2D eigenvalue weighted by Crippen LogP contribution is -2.22. The number of allylic oxidation sites excluding steroid dienone is 1. The van der Waals surface area contributed by atoms with Crippen molar-refractivity contribution in [2.24, 2.45) is 5.41 Å². The summed E-state index contributed by atoms with van der Waals surface area (Å²) in [5.41, 5.74) is -0.368. The first-order valence-electron chi connectivity index (χ1n) is 5.51. The quantitative estimate of drug-likeness (QED) is 0.249. The molecule has 0 spiro atoms. The number of rotatable bonds is 6. The highest BCUT2D eigenvalue weighted by atomic mass is 79.9. The minimum Gasteiger partial charge on any atom is -0.462 e. The Morgan fingerprint density at radius 2 is 1.53 bits per heavy atom. The minimum absolute atomic E-state index is 0.0434. The van der Waals surface area contributed by atoms with Gasteiger partial charge in [0, 0.05) is 5.33 Å². The maximum atomic E-state index is 11.6. The monoisotopic (exact) mass is 306 g/mol. The van der Waals surface area contributed by atoms with Gasteiger partial charge in [-0.25, -0.2) is 9.59 Å². The van der Waals surface area contributed by atoms with Crippen LogP contribution in [0.1, 0.15) is 27.7 Å². The van der Waals surface area contributed by atoms with E-state index in [0.717, 1.165) is 0 Å². The number of ether oxygens (including phenoxy) is 2. The molecule has 5 heteroatoms. The highest BCUT2D eigenvalue weighted by molar-refractivity contribution is 9.09. The molecule has 0 aliphatic heterocycles. The molecule has 0 aromatic rings. The third-order valence-electron chi connectivity index (χ3n) is 1.87. The molecule has 0 saturated heterocycles. The van der Waals surface area contributed by atoms with E-state index in [2.05, 4.69) is 15.9 Å². The van der Waals surface area contributed by atoms with Crippen molar-refractivity contribution >= 4 is 27.9 Å². The Balaban J connectivity index is 5.10. The topological polar surface area (TPSA) is 52.6 Å². The average molecular weight is 307 g/mol. The van der Waals surface area contributed by atoms with Gasteiger partial charge >= 0.3 is 11.9 Å². The van der Waals surface area contributed by atoms with E-state index < -0.39 is 11.9 Å². The van der Waals surface area contributed by atoms with Crippen LogP contribution in [0.2, 0.25) is 0 Å². The fourth-order valence-electron chi connectivity index (χ4n) is 1.05. The van der Waals surface area contributed by atoms with Gasteiger partial charge in [0.1, 0.15) is 5.57 Å². The van der Waals surface area contributed by atoms with Gasteiger partial charge < -0.3 is 9.47 Å². The van der Waals surface area contributed by atoms with Gasteiger partial charge in [0.25, 0.3) is 0 Å². The summed E-state index contributed by atoms with van der Waals surface area (Å²) in [7, 11) is 0. The molecule has 0 N–H and O–H groups in total. The van der Waals surface area contributed by atoms with E-state index in [0.29, 0.717) is 5.33 Å². The minimum atomic E-state index is -0.639. The molecule has 0 atom stereocenters. The molecule has 0 saturated carbocycles. The van der Waals surface area contributed by atoms with Gasteiger partial charge in [-0.1, -0.05) is 35.9 Å². The molecule has 98 valence electrons. The van der Waals surface area contributed by atoms with Gasteiger partial charge in [-0.05, 0) is 19.3 Å². The zero-order valence-electron chi connectivity index (χ0n) is 10.7. The molecule has 0 bridgehead atoms. The van der Waals surface area contributed by atoms with Crippen LogP contribution in [-0.4, -0.2) is 30.5 Å². The van der Waals surface area contributed by atoms with Gasteiger partial charge in [0.05, 0.1) is 13.2 Å². The van der Waals surface area contributed by atoms with Gasteiger partial charge in [-0.3, -0.25) is 0 Å². The van der Waals surface area contributed by atoms with E-state index in [1.54, 1.807) is 19.9 Å². The predicted octanol–water partition coefficient (Wildman–Crippen LogP) is 2.46. The van der Waals surface area contributed by atoms with E-state index in [1.807, 2.05) is 13.8 Å². The Morgan fingerprint density at radius 1 is 1.12 bits per heavy atom. The third kappa shape index (κ3) is 5.86. The number of alkyl halides is 1. The van der Waals surface area contributed by atoms with Crippen molar-refractivity contribution in [2.75, 3.05) is 18.5 Å². The summed E-state index contributed by atoms with van der Waals surface area (Å²) in [4.78, 5) is 23.3. The first-order chi connectivity index (χ1) is 7.87. The summed E-state index contributed by atoms with van der Waals surface area (Å²) in [6, 6.07) is 0. The first kappa shape index (κ1) is 16.2. The Labute approximate surface area is 110 Å². The molecule has 0 aliphatic carbocycles. The van der Waals surface area contributed by atoms with Crippen LogP contribution in [0.5, 0.6) is 0 Å². The summed E-state index contributed by atoms with van der Waals surface area (Å²) in [5.74, 6) is -1.28. The van der Waals surface area contributed by atoms with Crippen LogP contribution < -0.4 is 0 Å². The molecule has 0 rings (SSSR count). The molecular weight excluding hydrogens is 288 g/mol. The van der Waals surface area contributed by atoms with Crippen molar-refractivity contribution in [2.45, 2.75) is 27.7 Å². The highest BCUT2D eigenvalue weighted by Gasteiger charge is 2.25. The number of hydrogen-bond acceptors (Lipinski definition) is 4. The van der Waals surface area contributed by atoms with Gasteiger partial charge in [-0.15, -0.1) is 0 Å². The highest BCUT2D eigenvalue weighted by Crippen LogP contribution is 2.23. The Bertz CT molecular complexity index is 288. The summed E-state index contributed by atoms with van der Waals surface area (Å²) < 4.78 is 9.68. The maximum Gasteiger partial charge on any atom is 0.345 e. The van der Waals surface area contributed by atoms with Crippen molar-refractivity contribution in [1.82, 2.24) is 0 Å². The van der Waals surface area contributed by atoms with Crippen LogP contribution in [0.15, 0.2) is 11.6 Å². The smallest absolute Gasteiger partial charge is 0.345 e. The van der Waals surface area contributed by atoms with Crippen molar-refractivity contribution in [3.8, 4) is 0 Å². The van der Waals surface area contributed by atoms with E-state index in [-0.39, 0.29) is 24.2 Å². The van der Waals surface area contributed by atoms with Crippen LogP contribution in [0.4, 0.5) is 0 Å². The van der Waals surface area contributed by atoms with E-state index in [9.17, 15) is 9.59 Å². The molecule has 4 nitrogen and oxygen atoms in total. The van der Waals surface area contributed by atoms with Crippen molar-refractivity contribution in [3.63, 3.8) is 0 Å². The van der Waals surface area contributed by atoms with Gasteiger partial charge in [0.15, 0.2) is 0 Å². The maximum absolute atomic E-state index is 11.6. The lowest BCUT2D eigenvalue weighted by molar-refractivity contribution is -0.146. The predicted molar refractivity (Wildman–Crippen MR) is 68.9 cm³/mol. The van der Waals surface area contributed by atoms with Crippen LogP contribution in [0.25, 0.3) is 0 Å². The molecule has 0 amide bonds. The zero-order valence-corrected chi connectivity index (χ0v) is 12.3. The zero-order chi connectivity index (χ0) is 13.5. The lowest BCUT2D eigenvalue weighted by Gasteiger charge is -2.18. The molecule has 17 heavy (non-hydrogen) atoms. The average Bonchev–Trinajstić information content (AvgIpc) is 2.26. The van der Waals surface area contributed by atoms with Crippen molar-refractivity contribution < 1.29 is 19.1 Å². The number of halogens is 1. The van der Waals surface area contributed by atoms with Gasteiger partial charge in [0.2, 0.25) is 0 Å². The van der Waals surface area contributed by atoms with E-state index >= 15 is 0 Å². The second kappa shape index (κ2) is 7.48. The number of hydrogen-bond donors (Lipinski definition) is 0. The van der Waals surface area contributed by atoms with Crippen LogP contribution in [0.3, 0.4) is 0 Å². The molecule has 0 fully saturated rings. The Kier molecular flexibility index (Phi) is 7.11. The molecule has 0 aliphatic rings. The molecule has 0 radical (unpaired) electrons. The summed E-state index contributed by atoms with van der Waals surface area (Å²) in [6.45, 7) is 7.64. The standard InChI is InChI=1S/C12H19BrO4/c1-5-16-10(14)9(11(15)17-6-2)7-12(3,4)8-13/h7H,5-6,8H2,1-4H3. The molecular formula is C12H19BrO4. The molecule has 0 unspecified atom stereocenters. The largest absolute Gasteiger partial charge is 0.462 e. The fourth-order valence-corrected chi connectivity index (χ4v) is 1.21. The first-order valence-corrected chi connectivity index (χ1v) is 6.63. The molecule has 0 aromatic carbocycles. The number of carbonyl (C=O) groups excluding carboxylic acids is 2. The number of carbonyl (C=O) groups is 2. The Hall–Kier alpha value is -0.840. The second-order valence-electron chi connectivity index (χ2n) is 4.12. The molecule has 0 aromatic heterocycles. The SMILES string of the molecule is CCOC(=O)C(=CC(C)(C)CBr)C(=O)OCC. The normalized spacial score (nSPS) is 10.6. The van der Waals surface area contributed by atoms with Crippen molar-refractivity contribution in [3.05, 3.63) is 11.6 Å². The second-order valence-corrected chi connectivity index (χ2v) is 4.68. The van der Waals surface area contributed by atoms with E-state index in [4.69, 9.17) is 9.47 Å². The van der Waals surface area contributed by atoms with Gasteiger partial charge in [-0.2, -0.15) is 0 Å². The number of esters is 2. The third-order valence-corrected chi connectivity index (χ3v) is 3.32. The summed E-state index contributed by atoms with van der Waals surface area (Å²) in [5, 5.41) is 0.627. The Morgan fingerprint density at radius 3 is 1.82 bits per heavy atom. The van der Waals surface area contributed by atoms with Crippen LogP contribution in [0, 0.1) is 5.41 Å². The van der Waals surface area contributed by atoms with Crippen molar-refractivity contribution in [1.29, 1.82) is 0 Å². The molecule has 0 heterocycles. The van der Waals surface area contributed by atoms with Crippen LogP contribution >= 0.6 is 15.9 Å². The fraction of sp³-hybridized carbons (Fsp3) is 0.667.